The number of halogens is 1. The van der Waals surface area contributed by atoms with E-state index in [0.29, 0.717) is 12.0 Å². The Balaban J connectivity index is 0.00000161. The highest BCUT2D eigenvalue weighted by Crippen LogP contribution is 2.37. The molecule has 1 saturated carbocycles. The maximum Gasteiger partial charge on any atom is 0.191 e. The fraction of sp³-hybridized carbons (Fsp3) is 0.588. The Labute approximate surface area is 145 Å². The van der Waals surface area contributed by atoms with Crippen LogP contribution in [-0.2, 0) is 6.42 Å². The van der Waals surface area contributed by atoms with Gasteiger partial charge in [-0.3, -0.25) is 0 Å². The molecule has 2 fully saturated rings. The van der Waals surface area contributed by atoms with E-state index in [0.717, 1.165) is 25.5 Å². The molecule has 116 valence electrons. The van der Waals surface area contributed by atoms with Crippen molar-refractivity contribution in [3.05, 3.63) is 35.9 Å². The number of hydrogen-bond acceptors (Lipinski definition) is 1. The molecule has 3 nitrogen and oxygen atoms in total. The normalized spacial score (nSPS) is 25.9. The molecule has 0 spiro atoms. The predicted molar refractivity (Wildman–Crippen MR) is 99.1 cm³/mol. The van der Waals surface area contributed by atoms with Crippen molar-refractivity contribution in [1.29, 1.82) is 0 Å². The summed E-state index contributed by atoms with van der Waals surface area (Å²) in [6, 6.07) is 11.2. The summed E-state index contributed by atoms with van der Waals surface area (Å²) in [5.74, 6) is 1.48. The quantitative estimate of drug-likeness (QED) is 0.481. The van der Waals surface area contributed by atoms with Gasteiger partial charge in [-0.05, 0) is 37.2 Å². The van der Waals surface area contributed by atoms with E-state index in [-0.39, 0.29) is 24.0 Å². The standard InChI is InChI=1S/C17H25N3.HI/c18-17(20-10-6-1-2-7-11-20)19-16-13-15(16)12-14-8-4-3-5-9-14;/h3-5,8-9,15-16H,1-2,6-7,10-13H2,(H2,18,19);1H. The van der Waals surface area contributed by atoms with E-state index in [1.165, 1.54) is 37.7 Å². The van der Waals surface area contributed by atoms with E-state index in [1.807, 2.05) is 0 Å². The maximum atomic E-state index is 6.19. The molecule has 0 amide bonds. The summed E-state index contributed by atoms with van der Waals surface area (Å²) in [6.07, 6.45) is 7.53. The molecule has 1 aromatic rings. The van der Waals surface area contributed by atoms with Crippen LogP contribution in [0.5, 0.6) is 0 Å². The zero-order valence-electron chi connectivity index (χ0n) is 12.6. The van der Waals surface area contributed by atoms with Crippen LogP contribution in [0.2, 0.25) is 0 Å². The van der Waals surface area contributed by atoms with Crippen LogP contribution in [0, 0.1) is 5.92 Å². The van der Waals surface area contributed by atoms with Crippen molar-refractivity contribution >= 4 is 29.9 Å². The van der Waals surface area contributed by atoms with E-state index in [1.54, 1.807) is 0 Å². The minimum absolute atomic E-state index is 0. The van der Waals surface area contributed by atoms with Crippen LogP contribution < -0.4 is 5.73 Å². The lowest BCUT2D eigenvalue weighted by atomic mass is 10.1. The van der Waals surface area contributed by atoms with E-state index in [2.05, 4.69) is 35.2 Å². The number of guanidine groups is 1. The fourth-order valence-corrected chi connectivity index (χ4v) is 3.08. The third kappa shape index (κ3) is 4.87. The zero-order valence-corrected chi connectivity index (χ0v) is 14.9. The predicted octanol–water partition coefficient (Wildman–Crippen LogP) is 3.43. The van der Waals surface area contributed by atoms with Gasteiger partial charge in [-0.15, -0.1) is 24.0 Å². The zero-order chi connectivity index (χ0) is 13.8. The van der Waals surface area contributed by atoms with Gasteiger partial charge in [0, 0.05) is 13.1 Å². The van der Waals surface area contributed by atoms with Crippen LogP contribution in [0.3, 0.4) is 0 Å². The lowest BCUT2D eigenvalue weighted by Crippen LogP contribution is -2.38. The summed E-state index contributed by atoms with van der Waals surface area (Å²) >= 11 is 0. The lowest BCUT2D eigenvalue weighted by Gasteiger charge is -2.21. The molecule has 2 unspecified atom stereocenters. The number of nitrogens with zero attached hydrogens (tertiary/aromatic N) is 2. The van der Waals surface area contributed by atoms with Crippen LogP contribution in [-0.4, -0.2) is 30.0 Å². The highest BCUT2D eigenvalue weighted by Gasteiger charge is 2.37. The van der Waals surface area contributed by atoms with Crippen molar-refractivity contribution in [3.8, 4) is 0 Å². The first-order valence-corrected chi connectivity index (χ1v) is 7.95. The molecular weight excluding hydrogens is 373 g/mol. The number of rotatable bonds is 3. The average molecular weight is 399 g/mol. The minimum atomic E-state index is 0. The van der Waals surface area contributed by atoms with Crippen LogP contribution in [0.25, 0.3) is 0 Å². The number of aliphatic imine (C=N–C) groups is 1. The summed E-state index contributed by atoms with van der Waals surface area (Å²) in [4.78, 5) is 7.03. The van der Waals surface area contributed by atoms with Gasteiger partial charge in [0.1, 0.15) is 0 Å². The Morgan fingerprint density at radius 3 is 2.43 bits per heavy atom. The first-order valence-electron chi connectivity index (χ1n) is 7.95. The maximum absolute atomic E-state index is 6.19. The molecule has 1 aliphatic carbocycles. The van der Waals surface area contributed by atoms with Gasteiger partial charge < -0.3 is 10.6 Å². The van der Waals surface area contributed by atoms with Crippen molar-refractivity contribution in [2.24, 2.45) is 16.6 Å². The van der Waals surface area contributed by atoms with Crippen LogP contribution in [0.4, 0.5) is 0 Å². The van der Waals surface area contributed by atoms with Crippen molar-refractivity contribution in [2.75, 3.05) is 13.1 Å². The van der Waals surface area contributed by atoms with E-state index in [4.69, 9.17) is 10.7 Å². The van der Waals surface area contributed by atoms with Crippen LogP contribution in [0.1, 0.15) is 37.7 Å². The van der Waals surface area contributed by atoms with Crippen LogP contribution >= 0.6 is 24.0 Å². The summed E-state index contributed by atoms with van der Waals surface area (Å²) in [5, 5.41) is 0. The Bertz CT molecular complexity index is 452. The van der Waals surface area contributed by atoms with Gasteiger partial charge in [-0.2, -0.15) is 0 Å². The van der Waals surface area contributed by atoms with Crippen molar-refractivity contribution in [3.63, 3.8) is 0 Å². The first-order chi connectivity index (χ1) is 9.83. The number of likely N-dealkylation sites (tertiary alicyclic amines) is 1. The van der Waals surface area contributed by atoms with Crippen molar-refractivity contribution < 1.29 is 0 Å². The molecule has 3 rings (SSSR count). The third-order valence-electron chi connectivity index (χ3n) is 4.45. The molecule has 2 N–H and O–H groups in total. The SMILES string of the molecule is I.NC(=NC1CC1Cc1ccccc1)N1CCCCCC1. The van der Waals surface area contributed by atoms with Gasteiger partial charge >= 0.3 is 0 Å². The van der Waals surface area contributed by atoms with Crippen molar-refractivity contribution in [1.82, 2.24) is 4.90 Å². The fourth-order valence-electron chi connectivity index (χ4n) is 3.08. The molecule has 1 saturated heterocycles. The topological polar surface area (TPSA) is 41.6 Å². The Kier molecular flexibility index (Phi) is 6.33. The molecule has 21 heavy (non-hydrogen) atoms. The van der Waals surface area contributed by atoms with Gasteiger partial charge in [0.05, 0.1) is 6.04 Å². The molecule has 2 atom stereocenters. The second-order valence-corrected chi connectivity index (χ2v) is 6.14. The molecule has 4 heteroatoms. The van der Waals surface area contributed by atoms with E-state index in [9.17, 15) is 0 Å². The minimum Gasteiger partial charge on any atom is -0.370 e. The molecule has 0 bridgehead atoms. The van der Waals surface area contributed by atoms with E-state index >= 15 is 0 Å². The van der Waals surface area contributed by atoms with E-state index < -0.39 is 0 Å². The molecule has 1 heterocycles. The molecule has 1 aliphatic heterocycles. The van der Waals surface area contributed by atoms with Gasteiger partial charge in [0.25, 0.3) is 0 Å². The molecule has 2 aliphatic rings. The Morgan fingerprint density at radius 2 is 1.76 bits per heavy atom. The smallest absolute Gasteiger partial charge is 0.191 e. The summed E-state index contributed by atoms with van der Waals surface area (Å²) in [6.45, 7) is 2.18. The summed E-state index contributed by atoms with van der Waals surface area (Å²) < 4.78 is 0. The molecule has 0 radical (unpaired) electrons. The van der Waals surface area contributed by atoms with Gasteiger partial charge in [0.2, 0.25) is 0 Å². The van der Waals surface area contributed by atoms with Gasteiger partial charge in [-0.1, -0.05) is 43.2 Å². The lowest BCUT2D eigenvalue weighted by molar-refractivity contribution is 0.428. The number of benzene rings is 1. The summed E-state index contributed by atoms with van der Waals surface area (Å²) in [5.41, 5.74) is 7.61. The first kappa shape index (κ1) is 16.6. The van der Waals surface area contributed by atoms with Gasteiger partial charge in [-0.25, -0.2) is 4.99 Å². The molecule has 0 aromatic heterocycles. The third-order valence-corrected chi connectivity index (χ3v) is 4.45. The largest absolute Gasteiger partial charge is 0.370 e. The molecule has 1 aromatic carbocycles. The highest BCUT2D eigenvalue weighted by molar-refractivity contribution is 14.0. The Hall–Kier alpha value is -0.780. The highest BCUT2D eigenvalue weighted by atomic mass is 127. The molecular formula is C17H26IN3. The monoisotopic (exact) mass is 399 g/mol. The van der Waals surface area contributed by atoms with Gasteiger partial charge in [0.15, 0.2) is 5.96 Å². The van der Waals surface area contributed by atoms with Crippen molar-refractivity contribution in [2.45, 2.75) is 44.6 Å². The van der Waals surface area contributed by atoms with Crippen LogP contribution in [0.15, 0.2) is 35.3 Å². The summed E-state index contributed by atoms with van der Waals surface area (Å²) in [7, 11) is 0. The Morgan fingerprint density at radius 1 is 1.10 bits per heavy atom. The number of nitrogens with two attached hydrogens (primary N) is 1. The number of hydrogen-bond donors (Lipinski definition) is 1. The second-order valence-electron chi connectivity index (χ2n) is 6.14. The average Bonchev–Trinajstić information content (AvgIpc) is 3.23. The second kappa shape index (κ2) is 8.01.